The number of nitrogen functional groups attached to an aromatic ring is 1. The van der Waals surface area contributed by atoms with Crippen molar-refractivity contribution in [2.24, 2.45) is 5.73 Å². The number of nitrogens with zero attached hydrogens (tertiary/aromatic N) is 2. The minimum atomic E-state index is 0.0856. The maximum Gasteiger partial charge on any atom is 0.137 e. The molecule has 4 heteroatoms. The molecular weight excluding hydrogens is 224 g/mol. The topological polar surface area (TPSA) is 67.7 Å². The Bertz CT molecular complexity index is 713. The second kappa shape index (κ2) is 4.00. The number of pyridine rings is 1. The summed E-state index contributed by atoms with van der Waals surface area (Å²) in [7, 11) is 0. The van der Waals surface area contributed by atoms with E-state index in [0.717, 1.165) is 22.3 Å². The number of fused-ring (bicyclic) bond motifs is 1. The van der Waals surface area contributed by atoms with Crippen LogP contribution in [0.3, 0.4) is 0 Å². The summed E-state index contributed by atoms with van der Waals surface area (Å²) in [6.45, 7) is 0. The van der Waals surface area contributed by atoms with Crippen LogP contribution in [0, 0.1) is 5.41 Å². The molecule has 4 nitrogen and oxygen atoms in total. The Morgan fingerprint density at radius 3 is 2.78 bits per heavy atom. The standard InChI is InChI=1S/C14H12N4/c15-14(16)11-4-5-12-10(9-11)6-8-18(12)13-3-1-2-7-17-13/h1-9H,(H3,15,16). The molecule has 3 rings (SSSR count). The minimum Gasteiger partial charge on any atom is -0.384 e. The molecule has 3 aromatic rings. The van der Waals surface area contributed by atoms with E-state index in [-0.39, 0.29) is 5.84 Å². The van der Waals surface area contributed by atoms with Gasteiger partial charge in [-0.1, -0.05) is 6.07 Å². The van der Waals surface area contributed by atoms with E-state index in [1.807, 2.05) is 53.2 Å². The largest absolute Gasteiger partial charge is 0.384 e. The van der Waals surface area contributed by atoms with Crippen LogP contribution in [0.2, 0.25) is 0 Å². The Hall–Kier alpha value is -2.62. The summed E-state index contributed by atoms with van der Waals surface area (Å²) >= 11 is 0. The Morgan fingerprint density at radius 2 is 2.06 bits per heavy atom. The van der Waals surface area contributed by atoms with Crippen molar-refractivity contribution in [3.63, 3.8) is 0 Å². The third-order valence-corrected chi connectivity index (χ3v) is 2.90. The van der Waals surface area contributed by atoms with Crippen molar-refractivity contribution in [2.75, 3.05) is 0 Å². The lowest BCUT2D eigenvalue weighted by molar-refractivity contribution is 1.04. The van der Waals surface area contributed by atoms with Crippen LogP contribution in [0.15, 0.2) is 54.9 Å². The molecule has 0 spiro atoms. The smallest absolute Gasteiger partial charge is 0.137 e. The molecule has 0 saturated heterocycles. The van der Waals surface area contributed by atoms with Crippen molar-refractivity contribution in [3.05, 3.63) is 60.4 Å². The maximum absolute atomic E-state index is 7.44. The molecule has 0 amide bonds. The van der Waals surface area contributed by atoms with Crippen molar-refractivity contribution in [1.29, 1.82) is 5.41 Å². The molecular formula is C14H12N4. The van der Waals surface area contributed by atoms with Gasteiger partial charge in [0.2, 0.25) is 0 Å². The first-order valence-electron chi connectivity index (χ1n) is 5.62. The molecule has 0 radical (unpaired) electrons. The number of amidine groups is 1. The van der Waals surface area contributed by atoms with Gasteiger partial charge in [0.05, 0.1) is 5.52 Å². The summed E-state index contributed by atoms with van der Waals surface area (Å²) in [4.78, 5) is 4.32. The molecule has 0 aliphatic rings. The van der Waals surface area contributed by atoms with Gasteiger partial charge in [-0.25, -0.2) is 4.98 Å². The van der Waals surface area contributed by atoms with Gasteiger partial charge >= 0.3 is 0 Å². The fourth-order valence-corrected chi connectivity index (χ4v) is 2.01. The Morgan fingerprint density at radius 1 is 1.17 bits per heavy atom. The van der Waals surface area contributed by atoms with E-state index >= 15 is 0 Å². The molecule has 0 saturated carbocycles. The molecule has 2 heterocycles. The molecule has 0 fully saturated rings. The van der Waals surface area contributed by atoms with Crippen molar-refractivity contribution >= 4 is 16.7 Å². The molecule has 88 valence electrons. The van der Waals surface area contributed by atoms with Gasteiger partial charge in [-0.05, 0) is 36.4 Å². The fraction of sp³-hybridized carbons (Fsp3) is 0. The molecule has 0 aliphatic heterocycles. The van der Waals surface area contributed by atoms with Crippen LogP contribution in [-0.4, -0.2) is 15.4 Å². The highest BCUT2D eigenvalue weighted by Gasteiger charge is 2.05. The number of hydrogen-bond donors (Lipinski definition) is 2. The quantitative estimate of drug-likeness (QED) is 0.529. The third-order valence-electron chi connectivity index (χ3n) is 2.90. The van der Waals surface area contributed by atoms with E-state index in [9.17, 15) is 0 Å². The van der Waals surface area contributed by atoms with Gasteiger partial charge in [-0.3, -0.25) is 5.41 Å². The molecule has 2 aromatic heterocycles. The normalized spacial score (nSPS) is 10.7. The Balaban J connectivity index is 2.19. The lowest BCUT2D eigenvalue weighted by Crippen LogP contribution is -2.10. The third kappa shape index (κ3) is 1.64. The number of rotatable bonds is 2. The monoisotopic (exact) mass is 236 g/mol. The number of benzene rings is 1. The zero-order valence-electron chi connectivity index (χ0n) is 9.67. The van der Waals surface area contributed by atoms with Crippen LogP contribution >= 0.6 is 0 Å². The molecule has 0 atom stereocenters. The zero-order valence-corrected chi connectivity index (χ0v) is 9.67. The predicted octanol–water partition coefficient (Wildman–Crippen LogP) is 2.31. The number of hydrogen-bond acceptors (Lipinski definition) is 2. The van der Waals surface area contributed by atoms with Crippen LogP contribution < -0.4 is 5.73 Å². The second-order valence-corrected chi connectivity index (χ2v) is 4.06. The molecule has 0 aliphatic carbocycles. The fourth-order valence-electron chi connectivity index (χ4n) is 2.01. The maximum atomic E-state index is 7.44. The van der Waals surface area contributed by atoms with Crippen LogP contribution in [-0.2, 0) is 0 Å². The number of nitrogens with one attached hydrogen (secondary N) is 1. The van der Waals surface area contributed by atoms with E-state index in [0.29, 0.717) is 0 Å². The highest BCUT2D eigenvalue weighted by atomic mass is 15.0. The summed E-state index contributed by atoms with van der Waals surface area (Å²) in [5, 5.41) is 8.49. The van der Waals surface area contributed by atoms with Gasteiger partial charge in [0.1, 0.15) is 11.7 Å². The van der Waals surface area contributed by atoms with Crippen molar-refractivity contribution in [1.82, 2.24) is 9.55 Å². The van der Waals surface area contributed by atoms with Crippen molar-refractivity contribution in [3.8, 4) is 5.82 Å². The average Bonchev–Trinajstić information content (AvgIpc) is 2.82. The Kier molecular flexibility index (Phi) is 2.34. The zero-order chi connectivity index (χ0) is 12.5. The van der Waals surface area contributed by atoms with E-state index in [4.69, 9.17) is 11.1 Å². The van der Waals surface area contributed by atoms with Gasteiger partial charge in [-0.2, -0.15) is 0 Å². The summed E-state index contributed by atoms with van der Waals surface area (Å²) in [6.07, 6.45) is 3.74. The van der Waals surface area contributed by atoms with Crippen molar-refractivity contribution < 1.29 is 0 Å². The van der Waals surface area contributed by atoms with Gasteiger partial charge in [-0.15, -0.1) is 0 Å². The molecule has 0 unspecified atom stereocenters. The first-order valence-corrected chi connectivity index (χ1v) is 5.62. The van der Waals surface area contributed by atoms with Crippen molar-refractivity contribution in [2.45, 2.75) is 0 Å². The van der Waals surface area contributed by atoms with E-state index in [2.05, 4.69) is 4.98 Å². The summed E-state index contributed by atoms with van der Waals surface area (Å²) in [5.41, 5.74) is 7.28. The van der Waals surface area contributed by atoms with Crippen LogP contribution in [0.4, 0.5) is 0 Å². The molecule has 1 aromatic carbocycles. The van der Waals surface area contributed by atoms with E-state index < -0.39 is 0 Å². The lowest BCUT2D eigenvalue weighted by atomic mass is 10.1. The summed E-state index contributed by atoms with van der Waals surface area (Å²) in [6, 6.07) is 13.5. The highest BCUT2D eigenvalue weighted by molar-refractivity contribution is 5.98. The lowest BCUT2D eigenvalue weighted by Gasteiger charge is -2.04. The first kappa shape index (κ1) is 10.5. The predicted molar refractivity (Wildman–Crippen MR) is 72.1 cm³/mol. The average molecular weight is 236 g/mol. The summed E-state index contributed by atoms with van der Waals surface area (Å²) in [5.74, 6) is 0.963. The minimum absolute atomic E-state index is 0.0856. The Labute approximate surface area is 104 Å². The van der Waals surface area contributed by atoms with Gasteiger partial charge < -0.3 is 10.3 Å². The molecule has 0 bridgehead atoms. The first-order chi connectivity index (χ1) is 8.75. The molecule has 18 heavy (non-hydrogen) atoms. The van der Waals surface area contributed by atoms with Gasteiger partial charge in [0.15, 0.2) is 0 Å². The van der Waals surface area contributed by atoms with Gasteiger partial charge in [0, 0.05) is 23.3 Å². The number of aromatic nitrogens is 2. The summed E-state index contributed by atoms with van der Waals surface area (Å²) < 4.78 is 2.01. The highest BCUT2D eigenvalue weighted by Crippen LogP contribution is 2.20. The van der Waals surface area contributed by atoms with E-state index in [1.54, 1.807) is 6.20 Å². The molecule has 3 N–H and O–H groups in total. The van der Waals surface area contributed by atoms with Crippen LogP contribution in [0.5, 0.6) is 0 Å². The van der Waals surface area contributed by atoms with Crippen LogP contribution in [0.1, 0.15) is 5.56 Å². The number of nitrogens with two attached hydrogens (primary N) is 1. The van der Waals surface area contributed by atoms with Crippen LogP contribution in [0.25, 0.3) is 16.7 Å². The second-order valence-electron chi connectivity index (χ2n) is 4.06. The SMILES string of the molecule is N=C(N)c1ccc2c(ccn2-c2ccccn2)c1. The van der Waals surface area contributed by atoms with E-state index in [1.165, 1.54) is 0 Å². The van der Waals surface area contributed by atoms with Gasteiger partial charge in [0.25, 0.3) is 0 Å².